The molecule has 3 aliphatic heterocycles. The highest BCUT2D eigenvalue weighted by Crippen LogP contribution is 2.44. The third kappa shape index (κ3) is 4.43. The van der Waals surface area contributed by atoms with Crippen LogP contribution in [0.25, 0.3) is 0 Å². The molecule has 3 heterocycles. The van der Waals surface area contributed by atoms with E-state index in [0.29, 0.717) is 25.4 Å². The number of fused-ring (bicyclic) bond motifs is 1. The van der Waals surface area contributed by atoms with Gasteiger partial charge in [0.25, 0.3) is 0 Å². The monoisotopic (exact) mass is 446 g/mol. The molecule has 32 heavy (non-hydrogen) atoms. The minimum absolute atomic E-state index is 0.113. The zero-order valence-electron chi connectivity index (χ0n) is 19.3. The second-order valence-electron chi connectivity index (χ2n) is 9.20. The lowest BCUT2D eigenvalue weighted by molar-refractivity contribution is -0.223. The first kappa shape index (κ1) is 22.9. The second kappa shape index (κ2) is 9.67. The number of likely N-dealkylation sites (tertiary alicyclic amines) is 1. The van der Waals surface area contributed by atoms with Gasteiger partial charge in [-0.2, -0.15) is 0 Å². The summed E-state index contributed by atoms with van der Waals surface area (Å²) in [5.74, 6) is 1.19. The molecule has 1 aromatic carbocycles. The Kier molecular flexibility index (Phi) is 6.90. The number of rotatable bonds is 8. The van der Waals surface area contributed by atoms with Gasteiger partial charge in [0.15, 0.2) is 11.5 Å². The summed E-state index contributed by atoms with van der Waals surface area (Å²) < 4.78 is 15.9. The highest BCUT2D eigenvalue weighted by Gasteiger charge is 2.58. The van der Waals surface area contributed by atoms with Crippen LogP contribution < -0.4 is 9.47 Å². The predicted octanol–water partition coefficient (Wildman–Crippen LogP) is 2.79. The normalized spacial score (nSPS) is 23.0. The molecule has 4 rings (SSSR count). The highest BCUT2D eigenvalue weighted by molar-refractivity contribution is 5.88. The van der Waals surface area contributed by atoms with Crippen molar-refractivity contribution in [2.45, 2.75) is 51.5 Å². The van der Waals surface area contributed by atoms with Gasteiger partial charge >= 0.3 is 5.97 Å². The van der Waals surface area contributed by atoms with E-state index >= 15 is 0 Å². The van der Waals surface area contributed by atoms with Gasteiger partial charge in [0.1, 0.15) is 0 Å². The van der Waals surface area contributed by atoms with Crippen molar-refractivity contribution < 1.29 is 28.6 Å². The van der Waals surface area contributed by atoms with Gasteiger partial charge in [-0.05, 0) is 49.3 Å². The molecule has 3 aliphatic rings. The number of ether oxygens (including phenoxy) is 3. The Morgan fingerprint density at radius 1 is 1.25 bits per heavy atom. The van der Waals surface area contributed by atoms with E-state index in [1.165, 1.54) is 17.7 Å². The third-order valence-corrected chi connectivity index (χ3v) is 6.88. The molecule has 0 radical (unpaired) electrons. The number of carbonyl (C=O) groups excluding carboxylic acids is 2. The van der Waals surface area contributed by atoms with Crippen LogP contribution in [0.15, 0.2) is 18.2 Å². The van der Waals surface area contributed by atoms with Crippen LogP contribution in [0.2, 0.25) is 0 Å². The van der Waals surface area contributed by atoms with Crippen molar-refractivity contribution in [2.24, 2.45) is 11.8 Å². The van der Waals surface area contributed by atoms with Gasteiger partial charge in [-0.3, -0.25) is 14.4 Å². The van der Waals surface area contributed by atoms with Crippen molar-refractivity contribution in [3.63, 3.8) is 0 Å². The lowest BCUT2D eigenvalue weighted by atomic mass is 9.77. The van der Waals surface area contributed by atoms with Gasteiger partial charge < -0.3 is 19.1 Å². The largest absolute Gasteiger partial charge is 0.469 e. The molecule has 0 saturated carbocycles. The topological polar surface area (TPSA) is 77.5 Å². The number of methoxy groups -OCH3 is 1. The van der Waals surface area contributed by atoms with E-state index in [0.717, 1.165) is 44.0 Å². The average Bonchev–Trinajstić information content (AvgIpc) is 3.35. The van der Waals surface area contributed by atoms with E-state index in [-0.39, 0.29) is 25.1 Å². The van der Waals surface area contributed by atoms with Crippen LogP contribution in [0.4, 0.5) is 0 Å². The van der Waals surface area contributed by atoms with Crippen molar-refractivity contribution in [1.29, 1.82) is 0 Å². The Labute approximate surface area is 189 Å². The summed E-state index contributed by atoms with van der Waals surface area (Å²) in [6.07, 6.45) is 3.34. The van der Waals surface area contributed by atoms with E-state index in [1.807, 2.05) is 13.0 Å². The highest BCUT2D eigenvalue weighted by atomic mass is 16.7. The third-order valence-electron chi connectivity index (χ3n) is 6.88. The van der Waals surface area contributed by atoms with Crippen molar-refractivity contribution in [2.75, 3.05) is 40.1 Å². The maximum Gasteiger partial charge on any atom is 0.311 e. The first-order valence-corrected chi connectivity index (χ1v) is 11.6. The van der Waals surface area contributed by atoms with Gasteiger partial charge in [-0.15, -0.1) is 0 Å². The van der Waals surface area contributed by atoms with Crippen LogP contribution in [-0.4, -0.2) is 67.5 Å². The molecule has 0 aromatic heterocycles. The van der Waals surface area contributed by atoms with E-state index < -0.39 is 11.5 Å². The molecule has 2 atom stereocenters. The maximum atomic E-state index is 12.7. The number of hydrogen-bond donors (Lipinski definition) is 0. The standard InChI is InChI=1S/C24H34N2O6/c1-4-11-32-26-22(27)14-19(23(28)29-3)24(26)7-9-25(10-8-24)15-17(2)12-18-5-6-20-21(13-18)31-16-30-20/h5-6,13,17,19H,4,7-12,14-16H2,1-3H3. The van der Waals surface area contributed by atoms with Crippen molar-refractivity contribution >= 4 is 11.9 Å². The van der Waals surface area contributed by atoms with E-state index in [2.05, 4.69) is 24.0 Å². The van der Waals surface area contributed by atoms with Crippen LogP contribution in [-0.2, 0) is 25.6 Å². The minimum Gasteiger partial charge on any atom is -0.469 e. The second-order valence-corrected chi connectivity index (χ2v) is 9.20. The van der Waals surface area contributed by atoms with Gasteiger partial charge in [-0.1, -0.05) is 19.9 Å². The lowest BCUT2D eigenvalue weighted by Gasteiger charge is -2.46. The fourth-order valence-electron chi connectivity index (χ4n) is 5.32. The molecule has 8 heteroatoms. The number of piperidine rings is 1. The molecule has 0 bridgehead atoms. The summed E-state index contributed by atoms with van der Waals surface area (Å²) in [6, 6.07) is 6.14. The smallest absolute Gasteiger partial charge is 0.311 e. The van der Waals surface area contributed by atoms with Crippen molar-refractivity contribution in [1.82, 2.24) is 9.96 Å². The zero-order valence-corrected chi connectivity index (χ0v) is 19.3. The Morgan fingerprint density at radius 3 is 2.72 bits per heavy atom. The summed E-state index contributed by atoms with van der Waals surface area (Å²) in [5.41, 5.74) is 0.637. The Balaban J connectivity index is 1.37. The number of hydroxylamine groups is 2. The Morgan fingerprint density at radius 2 is 2.00 bits per heavy atom. The maximum absolute atomic E-state index is 12.7. The van der Waals surface area contributed by atoms with E-state index in [4.69, 9.17) is 19.0 Å². The molecule has 2 saturated heterocycles. The van der Waals surface area contributed by atoms with Gasteiger partial charge in [0, 0.05) is 26.1 Å². The number of nitrogens with zero attached hydrogens (tertiary/aromatic N) is 2. The predicted molar refractivity (Wildman–Crippen MR) is 117 cm³/mol. The van der Waals surface area contributed by atoms with Gasteiger partial charge in [-0.25, -0.2) is 5.06 Å². The van der Waals surface area contributed by atoms with E-state index in [1.54, 1.807) is 0 Å². The summed E-state index contributed by atoms with van der Waals surface area (Å²) in [4.78, 5) is 33.5. The lowest BCUT2D eigenvalue weighted by Crippen LogP contribution is -2.57. The van der Waals surface area contributed by atoms with Crippen LogP contribution in [0.3, 0.4) is 0 Å². The molecule has 1 amide bonds. The van der Waals surface area contributed by atoms with Crippen molar-refractivity contribution in [3.8, 4) is 11.5 Å². The van der Waals surface area contributed by atoms with Crippen LogP contribution in [0.5, 0.6) is 11.5 Å². The molecule has 8 nitrogen and oxygen atoms in total. The van der Waals surface area contributed by atoms with Crippen LogP contribution in [0, 0.1) is 11.8 Å². The van der Waals surface area contributed by atoms with Crippen LogP contribution in [0.1, 0.15) is 45.1 Å². The van der Waals surface area contributed by atoms with Gasteiger partial charge in [0.05, 0.1) is 25.2 Å². The number of hydrogen-bond acceptors (Lipinski definition) is 7. The van der Waals surface area contributed by atoms with Crippen LogP contribution >= 0.6 is 0 Å². The Hall–Kier alpha value is -2.32. The fraction of sp³-hybridized carbons (Fsp3) is 0.667. The summed E-state index contributed by atoms with van der Waals surface area (Å²) >= 11 is 0. The summed E-state index contributed by atoms with van der Waals surface area (Å²) in [5, 5.41) is 1.52. The molecular formula is C24H34N2O6. The average molecular weight is 447 g/mol. The number of esters is 1. The number of carbonyl (C=O) groups is 2. The Bertz CT molecular complexity index is 836. The molecule has 0 N–H and O–H groups in total. The van der Waals surface area contributed by atoms with E-state index in [9.17, 15) is 9.59 Å². The SMILES string of the molecule is CCCON1C(=O)CC(C(=O)OC)C12CCN(CC(C)Cc1ccc3c(c1)OCO3)CC2. The molecule has 176 valence electrons. The first-order chi connectivity index (χ1) is 15.5. The molecule has 1 aromatic rings. The fourth-order valence-corrected chi connectivity index (χ4v) is 5.32. The molecular weight excluding hydrogens is 412 g/mol. The summed E-state index contributed by atoms with van der Waals surface area (Å²) in [7, 11) is 1.39. The van der Waals surface area contributed by atoms with Crippen molar-refractivity contribution in [3.05, 3.63) is 23.8 Å². The molecule has 1 spiro atoms. The quantitative estimate of drug-likeness (QED) is 0.568. The molecule has 2 unspecified atom stereocenters. The number of benzene rings is 1. The first-order valence-electron chi connectivity index (χ1n) is 11.6. The number of amides is 1. The summed E-state index contributed by atoms with van der Waals surface area (Å²) in [6.45, 7) is 7.61. The molecule has 0 aliphatic carbocycles. The molecule has 2 fully saturated rings. The zero-order chi connectivity index (χ0) is 22.7. The minimum atomic E-state index is -0.601. The van der Waals surface area contributed by atoms with Gasteiger partial charge in [0.2, 0.25) is 12.7 Å².